The van der Waals surface area contributed by atoms with Crippen LogP contribution in [-0.2, 0) is 10.0 Å². The van der Waals surface area contributed by atoms with Crippen molar-refractivity contribution >= 4 is 32.8 Å². The highest BCUT2D eigenvalue weighted by Crippen LogP contribution is 2.27. The standard InChI is InChI=1S/C14H15NO3S2/c1-9-8-14(11(3)19-9)20(17,18)15-13-7-5-4-6-12(13)10(2)16/h4-8,15H,1-3H3. The highest BCUT2D eigenvalue weighted by atomic mass is 32.2. The molecule has 0 bridgehead atoms. The molecule has 6 heteroatoms. The number of carbonyl (C=O) groups is 1. The van der Waals surface area contributed by atoms with Gasteiger partial charge in [-0.3, -0.25) is 9.52 Å². The molecule has 1 aromatic carbocycles. The summed E-state index contributed by atoms with van der Waals surface area (Å²) < 4.78 is 27.3. The molecule has 0 aliphatic heterocycles. The van der Waals surface area contributed by atoms with Gasteiger partial charge in [-0.05, 0) is 39.0 Å². The highest BCUT2D eigenvalue weighted by Gasteiger charge is 2.20. The molecular weight excluding hydrogens is 294 g/mol. The smallest absolute Gasteiger partial charge is 0.263 e. The fraction of sp³-hybridized carbons (Fsp3) is 0.214. The van der Waals surface area contributed by atoms with E-state index in [4.69, 9.17) is 0 Å². The predicted octanol–water partition coefficient (Wildman–Crippen LogP) is 3.37. The Morgan fingerprint density at radius 2 is 1.85 bits per heavy atom. The Morgan fingerprint density at radius 3 is 2.40 bits per heavy atom. The first-order valence-corrected chi connectivity index (χ1v) is 8.31. The van der Waals surface area contributed by atoms with Crippen molar-refractivity contribution in [3.63, 3.8) is 0 Å². The van der Waals surface area contributed by atoms with E-state index in [9.17, 15) is 13.2 Å². The minimum absolute atomic E-state index is 0.179. The van der Waals surface area contributed by atoms with E-state index >= 15 is 0 Å². The second kappa shape index (κ2) is 5.38. The van der Waals surface area contributed by atoms with Crippen LogP contribution in [0.3, 0.4) is 0 Å². The first kappa shape index (κ1) is 14.7. The zero-order valence-electron chi connectivity index (χ0n) is 11.4. The molecule has 0 aliphatic rings. The number of thiophene rings is 1. The van der Waals surface area contributed by atoms with Crippen LogP contribution in [0.2, 0.25) is 0 Å². The Hall–Kier alpha value is -1.66. The van der Waals surface area contributed by atoms with Gasteiger partial charge in [-0.15, -0.1) is 11.3 Å². The number of rotatable bonds is 4. The van der Waals surface area contributed by atoms with Crippen LogP contribution in [0.1, 0.15) is 27.0 Å². The van der Waals surface area contributed by atoms with Crippen molar-refractivity contribution in [1.82, 2.24) is 0 Å². The Morgan fingerprint density at radius 1 is 1.20 bits per heavy atom. The zero-order chi connectivity index (χ0) is 14.9. The number of Topliss-reactive ketones (excluding diaryl/α,β-unsaturated/α-hetero) is 1. The predicted molar refractivity (Wildman–Crippen MR) is 81.0 cm³/mol. The van der Waals surface area contributed by atoms with Crippen LogP contribution in [0.4, 0.5) is 5.69 Å². The summed E-state index contributed by atoms with van der Waals surface area (Å²) in [5.41, 5.74) is 0.670. The van der Waals surface area contributed by atoms with Crippen molar-refractivity contribution < 1.29 is 13.2 Å². The topological polar surface area (TPSA) is 63.2 Å². The van der Waals surface area contributed by atoms with E-state index in [1.807, 2.05) is 6.92 Å². The van der Waals surface area contributed by atoms with Crippen molar-refractivity contribution in [2.24, 2.45) is 0 Å². The number of aryl methyl sites for hydroxylation is 2. The number of benzene rings is 1. The number of para-hydroxylation sites is 1. The van der Waals surface area contributed by atoms with Crippen LogP contribution in [0, 0.1) is 13.8 Å². The molecule has 1 N–H and O–H groups in total. The lowest BCUT2D eigenvalue weighted by Gasteiger charge is -2.10. The first-order chi connectivity index (χ1) is 9.31. The first-order valence-electron chi connectivity index (χ1n) is 6.01. The largest absolute Gasteiger partial charge is 0.294 e. The number of carbonyl (C=O) groups excluding carboxylic acids is 1. The van der Waals surface area contributed by atoms with Crippen LogP contribution in [-0.4, -0.2) is 14.2 Å². The fourth-order valence-electron chi connectivity index (χ4n) is 1.95. The summed E-state index contributed by atoms with van der Waals surface area (Å²) >= 11 is 1.43. The lowest BCUT2D eigenvalue weighted by Crippen LogP contribution is -2.15. The van der Waals surface area contributed by atoms with Crippen molar-refractivity contribution in [3.05, 3.63) is 45.6 Å². The van der Waals surface area contributed by atoms with Crippen LogP contribution in [0.5, 0.6) is 0 Å². The molecule has 2 rings (SSSR count). The summed E-state index contributed by atoms with van der Waals surface area (Å²) in [4.78, 5) is 13.5. The Labute approximate surface area is 122 Å². The molecule has 0 fully saturated rings. The van der Waals surface area contributed by atoms with Crippen molar-refractivity contribution in [3.8, 4) is 0 Å². The maximum Gasteiger partial charge on any atom is 0.263 e. The molecule has 1 heterocycles. The number of anilines is 1. The fourth-order valence-corrected chi connectivity index (χ4v) is 4.59. The van der Waals surface area contributed by atoms with E-state index in [0.29, 0.717) is 11.3 Å². The summed E-state index contributed by atoms with van der Waals surface area (Å²) in [6.45, 7) is 5.04. The number of hydrogen-bond donors (Lipinski definition) is 1. The SMILES string of the molecule is CC(=O)c1ccccc1NS(=O)(=O)c1cc(C)sc1C. The normalized spacial score (nSPS) is 11.3. The maximum atomic E-state index is 12.4. The molecule has 1 aromatic heterocycles. The molecular formula is C14H15NO3S2. The summed E-state index contributed by atoms with van der Waals surface area (Å²) in [5, 5.41) is 0. The van der Waals surface area contributed by atoms with E-state index in [1.165, 1.54) is 18.3 Å². The Balaban J connectivity index is 2.44. The third-order valence-corrected chi connectivity index (χ3v) is 5.42. The third-order valence-electron chi connectivity index (χ3n) is 2.84. The molecule has 0 atom stereocenters. The maximum absolute atomic E-state index is 12.4. The van der Waals surface area contributed by atoms with Crippen molar-refractivity contribution in [2.75, 3.05) is 4.72 Å². The van der Waals surface area contributed by atoms with E-state index in [1.54, 1.807) is 37.3 Å². The Bertz CT molecular complexity index is 760. The molecule has 0 radical (unpaired) electrons. The van der Waals surface area contributed by atoms with Crippen LogP contribution in [0.15, 0.2) is 35.2 Å². The Kier molecular flexibility index (Phi) is 3.96. The second-order valence-electron chi connectivity index (χ2n) is 4.48. The molecule has 0 unspecified atom stereocenters. The number of ketones is 1. The van der Waals surface area contributed by atoms with Gasteiger partial charge in [-0.25, -0.2) is 8.42 Å². The highest BCUT2D eigenvalue weighted by molar-refractivity contribution is 7.93. The number of hydrogen-bond acceptors (Lipinski definition) is 4. The van der Waals surface area contributed by atoms with Crippen molar-refractivity contribution in [2.45, 2.75) is 25.7 Å². The van der Waals surface area contributed by atoms with E-state index in [-0.39, 0.29) is 10.7 Å². The van der Waals surface area contributed by atoms with Gasteiger partial charge in [0.1, 0.15) is 4.90 Å². The quantitative estimate of drug-likeness (QED) is 0.881. The van der Waals surface area contributed by atoms with Crippen LogP contribution >= 0.6 is 11.3 Å². The van der Waals surface area contributed by atoms with Gasteiger partial charge in [0.05, 0.1) is 5.69 Å². The van der Waals surface area contributed by atoms with Gasteiger partial charge in [0, 0.05) is 15.3 Å². The molecule has 0 amide bonds. The van der Waals surface area contributed by atoms with Gasteiger partial charge in [-0.1, -0.05) is 12.1 Å². The van der Waals surface area contributed by atoms with Gasteiger partial charge in [0.2, 0.25) is 0 Å². The average Bonchev–Trinajstić information content (AvgIpc) is 2.69. The zero-order valence-corrected chi connectivity index (χ0v) is 13.1. The molecule has 20 heavy (non-hydrogen) atoms. The summed E-state index contributed by atoms with van der Waals surface area (Å²) in [7, 11) is -3.67. The van der Waals surface area contributed by atoms with Crippen LogP contribution < -0.4 is 4.72 Å². The number of nitrogens with one attached hydrogen (secondary N) is 1. The van der Waals surface area contributed by atoms with Gasteiger partial charge in [0.15, 0.2) is 5.78 Å². The summed E-state index contributed by atoms with van der Waals surface area (Å²) in [6.07, 6.45) is 0. The summed E-state index contributed by atoms with van der Waals surface area (Å²) in [6, 6.07) is 8.22. The third kappa shape index (κ3) is 2.91. The lowest BCUT2D eigenvalue weighted by molar-refractivity contribution is 0.101. The van der Waals surface area contributed by atoms with Crippen LogP contribution in [0.25, 0.3) is 0 Å². The lowest BCUT2D eigenvalue weighted by atomic mass is 10.1. The molecule has 4 nitrogen and oxygen atoms in total. The molecule has 0 spiro atoms. The van der Waals surface area contributed by atoms with E-state index < -0.39 is 10.0 Å². The van der Waals surface area contributed by atoms with E-state index in [0.717, 1.165) is 9.75 Å². The van der Waals surface area contributed by atoms with Crippen molar-refractivity contribution in [1.29, 1.82) is 0 Å². The van der Waals surface area contributed by atoms with Gasteiger partial charge in [-0.2, -0.15) is 0 Å². The van der Waals surface area contributed by atoms with Gasteiger partial charge < -0.3 is 0 Å². The molecule has 0 aliphatic carbocycles. The minimum atomic E-state index is -3.67. The number of sulfonamides is 1. The average molecular weight is 309 g/mol. The summed E-state index contributed by atoms with van der Waals surface area (Å²) in [5.74, 6) is -0.179. The van der Waals surface area contributed by atoms with Gasteiger partial charge >= 0.3 is 0 Å². The molecule has 0 saturated heterocycles. The van der Waals surface area contributed by atoms with E-state index in [2.05, 4.69) is 4.72 Å². The molecule has 2 aromatic rings. The monoisotopic (exact) mass is 309 g/mol. The van der Waals surface area contributed by atoms with Gasteiger partial charge in [0.25, 0.3) is 10.0 Å². The second-order valence-corrected chi connectivity index (χ2v) is 7.60. The minimum Gasteiger partial charge on any atom is -0.294 e. The molecule has 0 saturated carbocycles. The molecule has 106 valence electrons.